The molecule has 2 aromatic carbocycles. The molecule has 5 rings (SSSR count). The normalized spacial score (nSPS) is 29.1. The van der Waals surface area contributed by atoms with Crippen LogP contribution in [-0.4, -0.2) is 28.7 Å². The van der Waals surface area contributed by atoms with Gasteiger partial charge in [0.15, 0.2) is 0 Å². The Hall–Kier alpha value is -3.13. The molecule has 2 N–H and O–H groups in total. The summed E-state index contributed by atoms with van der Waals surface area (Å²) in [6.07, 6.45) is 0. The molecule has 2 fully saturated rings. The molecule has 31 heavy (non-hydrogen) atoms. The van der Waals surface area contributed by atoms with Crippen molar-refractivity contribution in [1.29, 1.82) is 0 Å². The molecular weight excluding hydrogens is 404 g/mol. The monoisotopic (exact) mass is 425 g/mol. The minimum absolute atomic E-state index is 0.0104. The van der Waals surface area contributed by atoms with Crippen LogP contribution in [0, 0.1) is 29.4 Å². The number of likely N-dealkylation sites (tertiary alicyclic amines) is 1. The summed E-state index contributed by atoms with van der Waals surface area (Å²) in [6.45, 7) is 3.81. The summed E-state index contributed by atoms with van der Waals surface area (Å²) < 4.78 is 27.4. The van der Waals surface area contributed by atoms with Crippen LogP contribution in [-0.2, 0) is 26.5 Å². The summed E-state index contributed by atoms with van der Waals surface area (Å²) in [5.74, 6) is -4.06. The Morgan fingerprint density at radius 2 is 1.68 bits per heavy atom. The lowest BCUT2D eigenvalue weighted by Crippen LogP contribution is -2.53. The van der Waals surface area contributed by atoms with Gasteiger partial charge in [0, 0.05) is 17.3 Å². The fourth-order valence-electron chi connectivity index (χ4n) is 5.27. The highest BCUT2D eigenvalue weighted by molar-refractivity contribution is 6.15. The zero-order valence-electron chi connectivity index (χ0n) is 17.0. The van der Waals surface area contributed by atoms with E-state index in [0.717, 1.165) is 4.90 Å². The van der Waals surface area contributed by atoms with E-state index in [9.17, 15) is 23.2 Å². The predicted molar refractivity (Wildman–Crippen MR) is 107 cm³/mol. The van der Waals surface area contributed by atoms with Gasteiger partial charge in [-0.1, -0.05) is 26.0 Å². The molecule has 160 valence electrons. The number of anilines is 1. The lowest BCUT2D eigenvalue weighted by Gasteiger charge is -2.30. The smallest absolute Gasteiger partial charge is 0.250 e. The van der Waals surface area contributed by atoms with E-state index in [2.05, 4.69) is 10.6 Å². The zero-order valence-corrected chi connectivity index (χ0v) is 17.0. The predicted octanol–water partition coefficient (Wildman–Crippen LogP) is 2.54. The van der Waals surface area contributed by atoms with E-state index in [0.29, 0.717) is 16.8 Å². The first kappa shape index (κ1) is 19.8. The number of fused-ring (bicyclic) bond motifs is 4. The number of carbonyl (C=O) groups excluding carboxylic acids is 3. The maximum atomic E-state index is 14.1. The van der Waals surface area contributed by atoms with E-state index in [-0.39, 0.29) is 18.4 Å². The Morgan fingerprint density at radius 3 is 2.35 bits per heavy atom. The summed E-state index contributed by atoms with van der Waals surface area (Å²) in [6, 6.07) is 9.09. The number of rotatable bonds is 3. The van der Waals surface area contributed by atoms with Gasteiger partial charge in [-0.05, 0) is 41.8 Å². The molecule has 0 aromatic heterocycles. The third-order valence-corrected chi connectivity index (χ3v) is 6.68. The molecule has 3 heterocycles. The molecule has 3 aliphatic rings. The average molecular weight is 425 g/mol. The number of nitrogens with zero attached hydrogens (tertiary/aromatic N) is 1. The number of amides is 3. The van der Waals surface area contributed by atoms with Gasteiger partial charge in [-0.25, -0.2) is 8.78 Å². The van der Waals surface area contributed by atoms with Gasteiger partial charge in [-0.15, -0.1) is 0 Å². The molecule has 0 saturated carbocycles. The molecular formula is C23H21F2N3O3. The van der Waals surface area contributed by atoms with Crippen LogP contribution in [0.3, 0.4) is 0 Å². The second-order valence-electron chi connectivity index (χ2n) is 8.76. The van der Waals surface area contributed by atoms with Gasteiger partial charge in [0.2, 0.25) is 17.7 Å². The molecule has 2 aromatic rings. The van der Waals surface area contributed by atoms with Gasteiger partial charge in [-0.3, -0.25) is 24.6 Å². The van der Waals surface area contributed by atoms with Gasteiger partial charge in [0.25, 0.3) is 0 Å². The number of imide groups is 1. The third kappa shape index (κ3) is 2.67. The molecule has 3 aliphatic heterocycles. The standard InChI is InChI=1S/C23H21F2N3O3/c1-11(2)19-17-18(21(30)28(20(17)29)10-12-3-5-13(24)6-4-12)23(27-19)15-9-14(25)7-8-16(15)26-22(23)31/h3-9,11,17-19,27H,10H2,1-2H3,(H,26,31)/t17-,18-,19?,23?/m0/s1. The summed E-state index contributed by atoms with van der Waals surface area (Å²) in [4.78, 5) is 41.3. The van der Waals surface area contributed by atoms with Crippen LogP contribution in [0.4, 0.5) is 14.5 Å². The van der Waals surface area contributed by atoms with E-state index in [1.165, 1.54) is 42.5 Å². The van der Waals surface area contributed by atoms with Crippen LogP contribution < -0.4 is 10.6 Å². The summed E-state index contributed by atoms with van der Waals surface area (Å²) in [5, 5.41) is 6.00. The molecule has 6 nitrogen and oxygen atoms in total. The van der Waals surface area contributed by atoms with Gasteiger partial charge < -0.3 is 5.32 Å². The highest BCUT2D eigenvalue weighted by atomic mass is 19.1. The lowest BCUT2D eigenvalue weighted by atomic mass is 9.76. The molecule has 1 spiro atoms. The lowest BCUT2D eigenvalue weighted by molar-refractivity contribution is -0.143. The van der Waals surface area contributed by atoms with E-state index in [4.69, 9.17) is 0 Å². The quantitative estimate of drug-likeness (QED) is 0.741. The molecule has 3 amide bonds. The molecule has 8 heteroatoms. The fraction of sp³-hybridized carbons (Fsp3) is 0.348. The van der Waals surface area contributed by atoms with Gasteiger partial charge >= 0.3 is 0 Å². The number of hydrogen-bond acceptors (Lipinski definition) is 4. The van der Waals surface area contributed by atoms with Crippen molar-refractivity contribution in [2.45, 2.75) is 32.0 Å². The van der Waals surface area contributed by atoms with Crippen molar-refractivity contribution in [2.75, 3.05) is 5.32 Å². The van der Waals surface area contributed by atoms with Crippen LogP contribution in [0.5, 0.6) is 0 Å². The second-order valence-corrected chi connectivity index (χ2v) is 8.76. The number of hydrogen-bond donors (Lipinski definition) is 2. The van der Waals surface area contributed by atoms with Crippen molar-refractivity contribution in [3.05, 3.63) is 65.2 Å². The van der Waals surface area contributed by atoms with E-state index in [1.807, 2.05) is 13.8 Å². The molecule has 2 saturated heterocycles. The van der Waals surface area contributed by atoms with Crippen LogP contribution in [0.2, 0.25) is 0 Å². The van der Waals surface area contributed by atoms with E-state index < -0.39 is 46.9 Å². The van der Waals surface area contributed by atoms with Crippen LogP contribution in [0.15, 0.2) is 42.5 Å². The zero-order chi connectivity index (χ0) is 22.1. The van der Waals surface area contributed by atoms with Crippen molar-refractivity contribution < 1.29 is 23.2 Å². The minimum Gasteiger partial charge on any atom is -0.324 e. The summed E-state index contributed by atoms with van der Waals surface area (Å²) >= 11 is 0. The molecule has 4 atom stereocenters. The first-order valence-electron chi connectivity index (χ1n) is 10.2. The Morgan fingerprint density at radius 1 is 1.00 bits per heavy atom. The van der Waals surface area contributed by atoms with Gasteiger partial charge in [0.05, 0.1) is 18.4 Å². The average Bonchev–Trinajstić information content (AvgIpc) is 3.31. The first-order chi connectivity index (χ1) is 14.7. The molecule has 2 unspecified atom stereocenters. The van der Waals surface area contributed by atoms with Crippen molar-refractivity contribution >= 4 is 23.4 Å². The third-order valence-electron chi connectivity index (χ3n) is 6.68. The number of benzene rings is 2. The van der Waals surface area contributed by atoms with Crippen molar-refractivity contribution in [1.82, 2.24) is 10.2 Å². The minimum atomic E-state index is -1.51. The topological polar surface area (TPSA) is 78.5 Å². The number of halogens is 2. The van der Waals surface area contributed by atoms with Crippen molar-refractivity contribution in [3.63, 3.8) is 0 Å². The molecule has 0 aliphatic carbocycles. The first-order valence-corrected chi connectivity index (χ1v) is 10.2. The SMILES string of the molecule is CC(C)C1NC2(C(=O)Nc3ccc(F)cc32)[C@@H]2C(=O)N(Cc3ccc(F)cc3)C(=O)[C@H]12. The highest BCUT2D eigenvalue weighted by Gasteiger charge is 2.70. The van der Waals surface area contributed by atoms with Crippen LogP contribution >= 0.6 is 0 Å². The number of nitrogens with one attached hydrogen (secondary N) is 2. The largest absolute Gasteiger partial charge is 0.324 e. The Kier molecular flexibility index (Phi) is 4.27. The van der Waals surface area contributed by atoms with Crippen molar-refractivity contribution in [2.24, 2.45) is 17.8 Å². The Labute approximate surface area is 177 Å². The summed E-state index contributed by atoms with van der Waals surface area (Å²) in [5.41, 5.74) is -0.130. The van der Waals surface area contributed by atoms with Crippen LogP contribution in [0.25, 0.3) is 0 Å². The maximum Gasteiger partial charge on any atom is 0.250 e. The summed E-state index contributed by atoms with van der Waals surface area (Å²) in [7, 11) is 0. The maximum absolute atomic E-state index is 14.1. The Bertz CT molecular complexity index is 1120. The Balaban J connectivity index is 1.61. The highest BCUT2D eigenvalue weighted by Crippen LogP contribution is 2.54. The van der Waals surface area contributed by atoms with E-state index in [1.54, 1.807) is 0 Å². The van der Waals surface area contributed by atoms with Gasteiger partial charge in [0.1, 0.15) is 17.2 Å². The van der Waals surface area contributed by atoms with Crippen LogP contribution in [0.1, 0.15) is 25.0 Å². The van der Waals surface area contributed by atoms with E-state index >= 15 is 0 Å². The molecule has 0 bridgehead atoms. The number of carbonyl (C=O) groups is 3. The second kappa shape index (κ2) is 6.68. The van der Waals surface area contributed by atoms with Crippen molar-refractivity contribution in [3.8, 4) is 0 Å². The van der Waals surface area contributed by atoms with Gasteiger partial charge in [-0.2, -0.15) is 0 Å². The molecule has 0 radical (unpaired) electrons. The fourth-order valence-corrected chi connectivity index (χ4v) is 5.27.